The van der Waals surface area contributed by atoms with Crippen LogP contribution in [0.2, 0.25) is 0 Å². The van der Waals surface area contributed by atoms with Gasteiger partial charge < -0.3 is 4.74 Å². The maximum Gasteiger partial charge on any atom is 0.240 e. The molecule has 0 spiro atoms. The van der Waals surface area contributed by atoms with Gasteiger partial charge in [0.2, 0.25) is 10.0 Å². The normalized spacial score (nSPS) is 17.2. The van der Waals surface area contributed by atoms with Gasteiger partial charge in [-0.2, -0.15) is 0 Å². The molecular formula is C22H29FN2O3S. The maximum atomic E-state index is 13.4. The molecule has 1 N–H and O–H groups in total. The summed E-state index contributed by atoms with van der Waals surface area (Å²) in [6.45, 7) is 9.06. The molecule has 1 aliphatic rings. The van der Waals surface area contributed by atoms with Crippen LogP contribution in [-0.2, 0) is 20.2 Å². The molecule has 1 unspecified atom stereocenters. The van der Waals surface area contributed by atoms with Crippen molar-refractivity contribution in [3.63, 3.8) is 0 Å². The van der Waals surface area contributed by atoms with Crippen molar-refractivity contribution in [3.8, 4) is 0 Å². The summed E-state index contributed by atoms with van der Waals surface area (Å²) >= 11 is 0. The van der Waals surface area contributed by atoms with Gasteiger partial charge in [-0.1, -0.05) is 45.0 Å². The Morgan fingerprint density at radius 2 is 1.62 bits per heavy atom. The van der Waals surface area contributed by atoms with Gasteiger partial charge in [-0.05, 0) is 40.8 Å². The van der Waals surface area contributed by atoms with Crippen LogP contribution in [0.25, 0.3) is 0 Å². The van der Waals surface area contributed by atoms with Crippen LogP contribution < -0.4 is 4.72 Å². The van der Waals surface area contributed by atoms with Crippen LogP contribution in [0, 0.1) is 5.82 Å². The zero-order valence-corrected chi connectivity index (χ0v) is 18.0. The van der Waals surface area contributed by atoms with Crippen LogP contribution in [-0.4, -0.2) is 46.2 Å². The second kappa shape index (κ2) is 8.92. The van der Waals surface area contributed by atoms with Gasteiger partial charge in [0.25, 0.3) is 0 Å². The second-order valence-corrected chi connectivity index (χ2v) is 10.1. The lowest BCUT2D eigenvalue weighted by Crippen LogP contribution is -2.43. The Bertz CT molecular complexity index is 901. The lowest BCUT2D eigenvalue weighted by Gasteiger charge is -2.34. The van der Waals surface area contributed by atoms with E-state index in [1.807, 2.05) is 12.1 Å². The van der Waals surface area contributed by atoms with Crippen LogP contribution >= 0.6 is 0 Å². The molecule has 0 aliphatic carbocycles. The van der Waals surface area contributed by atoms with Crippen LogP contribution in [0.4, 0.5) is 4.39 Å². The first kappa shape index (κ1) is 21.9. The summed E-state index contributed by atoms with van der Waals surface area (Å²) in [6, 6.07) is 13.0. The van der Waals surface area contributed by atoms with E-state index in [9.17, 15) is 12.8 Å². The molecule has 7 heteroatoms. The highest BCUT2D eigenvalue weighted by Gasteiger charge is 2.25. The SMILES string of the molecule is CC(C)(C)c1ccc(S(=O)(=O)NCC(c2ccc(F)cc2)N2CCOCC2)cc1. The highest BCUT2D eigenvalue weighted by Crippen LogP contribution is 2.25. The summed E-state index contributed by atoms with van der Waals surface area (Å²) in [7, 11) is -3.65. The number of ether oxygens (including phenoxy) is 1. The van der Waals surface area contributed by atoms with Crippen LogP contribution in [0.15, 0.2) is 53.4 Å². The number of hydrogen-bond donors (Lipinski definition) is 1. The zero-order chi connectivity index (χ0) is 21.1. The lowest BCUT2D eigenvalue weighted by atomic mass is 9.87. The number of morpholine rings is 1. The van der Waals surface area contributed by atoms with Crippen molar-refractivity contribution in [3.05, 3.63) is 65.5 Å². The molecule has 0 amide bonds. The van der Waals surface area contributed by atoms with Crippen molar-refractivity contribution in [2.45, 2.75) is 37.1 Å². The maximum absolute atomic E-state index is 13.4. The van der Waals surface area contributed by atoms with Crippen molar-refractivity contribution < 1.29 is 17.5 Å². The topological polar surface area (TPSA) is 58.6 Å². The van der Waals surface area contributed by atoms with Gasteiger partial charge in [-0.25, -0.2) is 17.5 Å². The minimum atomic E-state index is -3.65. The largest absolute Gasteiger partial charge is 0.379 e. The minimum absolute atomic E-state index is 0.0419. The van der Waals surface area contributed by atoms with E-state index in [1.54, 1.807) is 24.3 Å². The summed E-state index contributed by atoms with van der Waals surface area (Å²) in [5.74, 6) is -0.311. The number of sulfonamides is 1. The third-order valence-corrected chi connectivity index (χ3v) is 6.68. The second-order valence-electron chi connectivity index (χ2n) is 8.34. The van der Waals surface area contributed by atoms with Crippen molar-refractivity contribution in [1.82, 2.24) is 9.62 Å². The van der Waals surface area contributed by atoms with Crippen molar-refractivity contribution in [2.75, 3.05) is 32.8 Å². The molecule has 0 saturated carbocycles. The first-order valence-electron chi connectivity index (χ1n) is 9.84. The molecule has 158 valence electrons. The summed E-state index contributed by atoms with van der Waals surface area (Å²) in [5, 5.41) is 0. The Morgan fingerprint density at radius 1 is 1.03 bits per heavy atom. The Labute approximate surface area is 172 Å². The van der Waals surface area contributed by atoms with Gasteiger partial charge >= 0.3 is 0 Å². The predicted molar refractivity (Wildman–Crippen MR) is 112 cm³/mol. The molecule has 1 atom stereocenters. The van der Waals surface area contributed by atoms with E-state index in [2.05, 4.69) is 30.4 Å². The molecule has 0 bridgehead atoms. The molecule has 0 radical (unpaired) electrons. The van der Waals surface area contributed by atoms with E-state index in [0.29, 0.717) is 26.3 Å². The third kappa shape index (κ3) is 5.63. The van der Waals surface area contributed by atoms with Crippen molar-refractivity contribution in [2.24, 2.45) is 0 Å². The quantitative estimate of drug-likeness (QED) is 0.777. The fourth-order valence-corrected chi connectivity index (χ4v) is 4.48. The Kier molecular flexibility index (Phi) is 6.73. The number of rotatable bonds is 6. The highest BCUT2D eigenvalue weighted by atomic mass is 32.2. The summed E-state index contributed by atoms with van der Waals surface area (Å²) in [6.07, 6.45) is 0. The molecule has 1 fully saturated rings. The Balaban J connectivity index is 1.77. The van der Waals surface area contributed by atoms with Gasteiger partial charge in [0.05, 0.1) is 18.1 Å². The monoisotopic (exact) mass is 420 g/mol. The third-order valence-electron chi connectivity index (χ3n) is 5.24. The van der Waals surface area contributed by atoms with Gasteiger partial charge in [0.1, 0.15) is 5.82 Å². The number of halogens is 1. The van der Waals surface area contributed by atoms with E-state index >= 15 is 0 Å². The van der Waals surface area contributed by atoms with Gasteiger partial charge in [0, 0.05) is 25.7 Å². The molecule has 2 aromatic rings. The molecule has 29 heavy (non-hydrogen) atoms. The van der Waals surface area contributed by atoms with Crippen LogP contribution in [0.3, 0.4) is 0 Å². The fraction of sp³-hybridized carbons (Fsp3) is 0.455. The first-order chi connectivity index (χ1) is 13.7. The summed E-state index contributed by atoms with van der Waals surface area (Å²) in [4.78, 5) is 2.41. The average molecular weight is 421 g/mol. The van der Waals surface area contributed by atoms with Crippen molar-refractivity contribution in [1.29, 1.82) is 0 Å². The molecule has 0 aromatic heterocycles. The van der Waals surface area contributed by atoms with E-state index in [1.165, 1.54) is 12.1 Å². The fourth-order valence-electron chi connectivity index (χ4n) is 3.44. The molecule has 5 nitrogen and oxygen atoms in total. The van der Waals surface area contributed by atoms with Crippen LogP contribution in [0.1, 0.15) is 37.9 Å². The highest BCUT2D eigenvalue weighted by molar-refractivity contribution is 7.89. The molecule has 1 heterocycles. The zero-order valence-electron chi connectivity index (χ0n) is 17.2. The van der Waals surface area contributed by atoms with E-state index in [-0.39, 0.29) is 28.7 Å². The molecule has 1 saturated heterocycles. The van der Waals surface area contributed by atoms with Gasteiger partial charge in [-0.3, -0.25) is 4.90 Å². The van der Waals surface area contributed by atoms with E-state index < -0.39 is 10.0 Å². The molecule has 3 rings (SSSR count). The van der Waals surface area contributed by atoms with E-state index in [4.69, 9.17) is 4.74 Å². The van der Waals surface area contributed by atoms with Gasteiger partial charge in [0.15, 0.2) is 0 Å². The number of nitrogens with zero attached hydrogens (tertiary/aromatic N) is 1. The van der Waals surface area contributed by atoms with Crippen LogP contribution in [0.5, 0.6) is 0 Å². The summed E-state index contributed by atoms with van der Waals surface area (Å²) in [5.41, 5.74) is 1.91. The average Bonchev–Trinajstić information content (AvgIpc) is 2.70. The van der Waals surface area contributed by atoms with Gasteiger partial charge in [-0.15, -0.1) is 0 Å². The molecule has 1 aliphatic heterocycles. The predicted octanol–water partition coefficient (Wildman–Crippen LogP) is 3.48. The molecular weight excluding hydrogens is 391 g/mol. The number of benzene rings is 2. The first-order valence-corrected chi connectivity index (χ1v) is 11.3. The van der Waals surface area contributed by atoms with E-state index in [0.717, 1.165) is 11.1 Å². The standard InChI is InChI=1S/C22H29FN2O3S/c1-22(2,3)18-6-10-20(11-7-18)29(26,27)24-16-21(25-12-14-28-15-13-25)17-4-8-19(23)9-5-17/h4-11,21,24H,12-16H2,1-3H3. The minimum Gasteiger partial charge on any atom is -0.379 e. The molecule has 2 aromatic carbocycles. The Hall–Kier alpha value is -1.80. The number of hydrogen-bond acceptors (Lipinski definition) is 4. The summed E-state index contributed by atoms with van der Waals surface area (Å²) < 4.78 is 47.2. The smallest absolute Gasteiger partial charge is 0.240 e. The Morgan fingerprint density at radius 3 is 2.17 bits per heavy atom. The lowest BCUT2D eigenvalue weighted by molar-refractivity contribution is 0.0172. The van der Waals surface area contributed by atoms with Crippen molar-refractivity contribution >= 4 is 10.0 Å². The number of nitrogens with one attached hydrogen (secondary N) is 1.